The summed E-state index contributed by atoms with van der Waals surface area (Å²) in [6.07, 6.45) is 6.12. The summed E-state index contributed by atoms with van der Waals surface area (Å²) < 4.78 is 5.02. The first kappa shape index (κ1) is 10.7. The number of piperidine rings is 1. The van der Waals surface area contributed by atoms with Crippen LogP contribution in [-0.4, -0.2) is 19.1 Å². The summed E-state index contributed by atoms with van der Waals surface area (Å²) in [5.74, 6) is 0.868. The molecule has 84 valence electrons. The van der Waals surface area contributed by atoms with E-state index in [1.54, 1.807) is 12.5 Å². The molecule has 1 aromatic rings. The lowest BCUT2D eigenvalue weighted by Crippen LogP contribution is -2.43. The van der Waals surface area contributed by atoms with Gasteiger partial charge in [0, 0.05) is 24.7 Å². The van der Waals surface area contributed by atoms with Crippen molar-refractivity contribution >= 4 is 0 Å². The van der Waals surface area contributed by atoms with Gasteiger partial charge in [0.15, 0.2) is 0 Å². The Morgan fingerprint density at radius 3 is 3.27 bits per heavy atom. The van der Waals surface area contributed by atoms with Gasteiger partial charge in [0.25, 0.3) is 0 Å². The van der Waals surface area contributed by atoms with Gasteiger partial charge in [-0.1, -0.05) is 6.92 Å². The van der Waals surface area contributed by atoms with Gasteiger partial charge in [-0.15, -0.1) is 0 Å². The second-order valence-electron chi connectivity index (χ2n) is 4.54. The van der Waals surface area contributed by atoms with Crippen LogP contribution in [0.15, 0.2) is 23.0 Å². The van der Waals surface area contributed by atoms with E-state index in [1.165, 1.54) is 24.9 Å². The predicted molar refractivity (Wildman–Crippen MR) is 60.6 cm³/mol. The molecule has 2 atom stereocenters. The van der Waals surface area contributed by atoms with Gasteiger partial charge in [0.05, 0.1) is 12.5 Å². The van der Waals surface area contributed by atoms with Crippen LogP contribution in [0.4, 0.5) is 0 Å². The van der Waals surface area contributed by atoms with E-state index in [4.69, 9.17) is 4.42 Å². The molecule has 1 aliphatic heterocycles. The van der Waals surface area contributed by atoms with Crippen molar-refractivity contribution in [1.82, 2.24) is 10.6 Å². The Kier molecular flexibility index (Phi) is 3.80. The van der Waals surface area contributed by atoms with Gasteiger partial charge in [-0.05, 0) is 31.4 Å². The van der Waals surface area contributed by atoms with Crippen LogP contribution in [0.1, 0.15) is 25.3 Å². The minimum absolute atomic E-state index is 0.639. The van der Waals surface area contributed by atoms with Gasteiger partial charge in [-0.2, -0.15) is 0 Å². The zero-order valence-corrected chi connectivity index (χ0v) is 9.33. The van der Waals surface area contributed by atoms with Crippen molar-refractivity contribution in [2.75, 3.05) is 13.1 Å². The zero-order valence-electron chi connectivity index (χ0n) is 9.33. The molecule has 3 nitrogen and oxygen atoms in total. The topological polar surface area (TPSA) is 37.2 Å². The molecule has 0 spiro atoms. The lowest BCUT2D eigenvalue weighted by atomic mass is 9.94. The molecule has 0 aromatic carbocycles. The van der Waals surface area contributed by atoms with E-state index in [2.05, 4.69) is 17.6 Å². The minimum atomic E-state index is 0.639. The molecule has 1 aromatic heterocycles. The molecule has 15 heavy (non-hydrogen) atoms. The van der Waals surface area contributed by atoms with Gasteiger partial charge in [0.1, 0.15) is 0 Å². The average molecular weight is 208 g/mol. The van der Waals surface area contributed by atoms with E-state index in [1.807, 2.05) is 6.07 Å². The highest BCUT2D eigenvalue weighted by Gasteiger charge is 2.17. The second kappa shape index (κ2) is 5.33. The fraction of sp³-hybridized carbons (Fsp3) is 0.667. The van der Waals surface area contributed by atoms with Gasteiger partial charge < -0.3 is 15.1 Å². The molecule has 2 unspecified atom stereocenters. The van der Waals surface area contributed by atoms with Crippen molar-refractivity contribution in [3.05, 3.63) is 24.2 Å². The van der Waals surface area contributed by atoms with Gasteiger partial charge in [0.2, 0.25) is 0 Å². The molecule has 2 N–H and O–H groups in total. The largest absolute Gasteiger partial charge is 0.472 e. The molecule has 2 rings (SSSR count). The molecule has 0 aliphatic carbocycles. The molecule has 1 fully saturated rings. The summed E-state index contributed by atoms with van der Waals surface area (Å²) in [7, 11) is 0. The summed E-state index contributed by atoms with van der Waals surface area (Å²) in [4.78, 5) is 0. The lowest BCUT2D eigenvalue weighted by Gasteiger charge is -2.28. The normalized spacial score (nSPS) is 26.7. The number of nitrogens with one attached hydrogen (secondary N) is 2. The van der Waals surface area contributed by atoms with E-state index < -0.39 is 0 Å². The fourth-order valence-electron chi connectivity index (χ4n) is 2.16. The summed E-state index contributed by atoms with van der Waals surface area (Å²) in [6, 6.07) is 2.64. The SMILES string of the molecule is CC1CCNC(CNCc2ccoc2)C1. The summed E-state index contributed by atoms with van der Waals surface area (Å²) in [6.45, 7) is 5.46. The minimum Gasteiger partial charge on any atom is -0.472 e. The Hall–Kier alpha value is -0.800. The predicted octanol–water partition coefficient (Wildman–Crippen LogP) is 1.76. The maximum atomic E-state index is 5.02. The van der Waals surface area contributed by atoms with Gasteiger partial charge >= 0.3 is 0 Å². The summed E-state index contributed by atoms with van der Waals surface area (Å²) in [5, 5.41) is 7.00. The van der Waals surface area contributed by atoms with Crippen LogP contribution in [0.25, 0.3) is 0 Å². The van der Waals surface area contributed by atoms with E-state index in [-0.39, 0.29) is 0 Å². The third kappa shape index (κ3) is 3.36. The second-order valence-corrected chi connectivity index (χ2v) is 4.54. The van der Waals surface area contributed by atoms with Crippen molar-refractivity contribution in [2.24, 2.45) is 5.92 Å². The molecule has 0 saturated carbocycles. The van der Waals surface area contributed by atoms with Crippen molar-refractivity contribution in [3.63, 3.8) is 0 Å². The van der Waals surface area contributed by atoms with E-state index in [0.29, 0.717) is 6.04 Å². The zero-order chi connectivity index (χ0) is 10.5. The van der Waals surface area contributed by atoms with E-state index in [9.17, 15) is 0 Å². The van der Waals surface area contributed by atoms with Crippen molar-refractivity contribution in [3.8, 4) is 0 Å². The Bertz CT molecular complexity index is 271. The third-order valence-electron chi connectivity index (χ3n) is 3.06. The Morgan fingerprint density at radius 2 is 2.53 bits per heavy atom. The molecular formula is C12H20N2O. The number of rotatable bonds is 4. The van der Waals surface area contributed by atoms with Gasteiger partial charge in [-0.25, -0.2) is 0 Å². The molecule has 1 saturated heterocycles. The van der Waals surface area contributed by atoms with Crippen LogP contribution >= 0.6 is 0 Å². The number of furan rings is 1. The number of hydrogen-bond acceptors (Lipinski definition) is 3. The highest BCUT2D eigenvalue weighted by atomic mass is 16.3. The first-order chi connectivity index (χ1) is 7.34. The first-order valence-corrected chi connectivity index (χ1v) is 5.80. The summed E-state index contributed by atoms with van der Waals surface area (Å²) in [5.41, 5.74) is 1.22. The quantitative estimate of drug-likeness (QED) is 0.791. The van der Waals surface area contributed by atoms with Crippen molar-refractivity contribution in [2.45, 2.75) is 32.4 Å². The Labute approximate surface area is 91.2 Å². The highest BCUT2D eigenvalue weighted by Crippen LogP contribution is 2.14. The molecule has 2 heterocycles. The first-order valence-electron chi connectivity index (χ1n) is 5.80. The monoisotopic (exact) mass is 208 g/mol. The van der Waals surface area contributed by atoms with Crippen LogP contribution < -0.4 is 10.6 Å². The molecule has 0 amide bonds. The standard InChI is InChI=1S/C12H20N2O/c1-10-2-4-14-12(6-10)8-13-7-11-3-5-15-9-11/h3,5,9-10,12-14H,2,4,6-8H2,1H3. The molecule has 0 radical (unpaired) electrons. The van der Waals surface area contributed by atoms with Gasteiger partial charge in [-0.3, -0.25) is 0 Å². The maximum absolute atomic E-state index is 5.02. The smallest absolute Gasteiger partial charge is 0.0947 e. The number of hydrogen-bond donors (Lipinski definition) is 2. The fourth-order valence-corrected chi connectivity index (χ4v) is 2.16. The van der Waals surface area contributed by atoms with Crippen LogP contribution in [0.5, 0.6) is 0 Å². The average Bonchev–Trinajstić information content (AvgIpc) is 2.71. The van der Waals surface area contributed by atoms with Crippen LogP contribution in [0, 0.1) is 5.92 Å². The highest BCUT2D eigenvalue weighted by molar-refractivity contribution is 5.04. The lowest BCUT2D eigenvalue weighted by molar-refractivity contribution is 0.311. The van der Waals surface area contributed by atoms with Crippen LogP contribution in [-0.2, 0) is 6.54 Å². The Morgan fingerprint density at radius 1 is 1.60 bits per heavy atom. The molecule has 0 bridgehead atoms. The maximum Gasteiger partial charge on any atom is 0.0947 e. The molecule has 1 aliphatic rings. The van der Waals surface area contributed by atoms with Crippen LogP contribution in [0.2, 0.25) is 0 Å². The van der Waals surface area contributed by atoms with Crippen molar-refractivity contribution in [1.29, 1.82) is 0 Å². The van der Waals surface area contributed by atoms with Crippen LogP contribution in [0.3, 0.4) is 0 Å². The molecule has 3 heteroatoms. The summed E-state index contributed by atoms with van der Waals surface area (Å²) >= 11 is 0. The third-order valence-corrected chi connectivity index (χ3v) is 3.06. The van der Waals surface area contributed by atoms with E-state index >= 15 is 0 Å². The Balaban J connectivity index is 1.65. The van der Waals surface area contributed by atoms with E-state index in [0.717, 1.165) is 19.0 Å². The van der Waals surface area contributed by atoms with Crippen molar-refractivity contribution < 1.29 is 4.42 Å². The molecular weight excluding hydrogens is 188 g/mol.